The Morgan fingerprint density at radius 1 is 1.41 bits per heavy atom. The lowest BCUT2D eigenvalue weighted by Gasteiger charge is -2.21. The zero-order valence-corrected chi connectivity index (χ0v) is 11.9. The molecule has 1 atom stereocenters. The molecule has 0 radical (unpaired) electrons. The van der Waals surface area contributed by atoms with Crippen LogP contribution in [0.2, 0.25) is 0 Å². The normalized spacial score (nSPS) is 14.4. The van der Waals surface area contributed by atoms with Crippen molar-refractivity contribution in [2.75, 3.05) is 6.54 Å². The fourth-order valence-electron chi connectivity index (χ4n) is 1.52. The summed E-state index contributed by atoms with van der Waals surface area (Å²) >= 11 is 1.75. The van der Waals surface area contributed by atoms with Crippen LogP contribution in [-0.4, -0.2) is 12.5 Å². The first-order chi connectivity index (χ1) is 8.00. The van der Waals surface area contributed by atoms with Crippen molar-refractivity contribution >= 4 is 17.3 Å². The van der Waals surface area contributed by atoms with Gasteiger partial charge >= 0.3 is 0 Å². The Kier molecular flexibility index (Phi) is 5.48. The second-order valence-corrected chi connectivity index (χ2v) is 5.98. The Labute approximate surface area is 108 Å². The third-order valence-electron chi connectivity index (χ3n) is 2.45. The fourth-order valence-corrected chi connectivity index (χ4v) is 2.47. The van der Waals surface area contributed by atoms with Crippen molar-refractivity contribution in [3.05, 3.63) is 22.4 Å². The molecule has 0 aliphatic carbocycles. The molecule has 0 fully saturated rings. The summed E-state index contributed by atoms with van der Waals surface area (Å²) in [7, 11) is 0. The van der Waals surface area contributed by atoms with E-state index < -0.39 is 0 Å². The standard InChI is InChI=1S/C13H23N3S/c1-9(2)8-15-13(14)16-12(10(3)4)11-6-5-7-17-11/h5-7,9-10,12H,8H2,1-4H3,(H3,14,15,16). The van der Waals surface area contributed by atoms with E-state index in [1.165, 1.54) is 4.88 Å². The van der Waals surface area contributed by atoms with Crippen LogP contribution in [-0.2, 0) is 0 Å². The maximum atomic E-state index is 5.91. The molecule has 0 amide bonds. The highest BCUT2D eigenvalue weighted by atomic mass is 32.1. The van der Waals surface area contributed by atoms with Crippen LogP contribution < -0.4 is 11.1 Å². The second-order valence-electron chi connectivity index (χ2n) is 5.00. The summed E-state index contributed by atoms with van der Waals surface area (Å²) in [6.45, 7) is 9.42. The van der Waals surface area contributed by atoms with E-state index in [-0.39, 0.29) is 6.04 Å². The monoisotopic (exact) mass is 253 g/mol. The molecule has 0 aromatic carbocycles. The Hall–Kier alpha value is -1.03. The fraction of sp³-hybridized carbons (Fsp3) is 0.615. The third-order valence-corrected chi connectivity index (χ3v) is 3.40. The second kappa shape index (κ2) is 6.64. The van der Waals surface area contributed by atoms with Crippen molar-refractivity contribution in [3.63, 3.8) is 0 Å². The molecule has 1 unspecified atom stereocenters. The lowest BCUT2D eigenvalue weighted by Crippen LogP contribution is -2.37. The maximum absolute atomic E-state index is 5.91. The number of nitrogens with zero attached hydrogens (tertiary/aromatic N) is 1. The zero-order valence-electron chi connectivity index (χ0n) is 11.1. The average Bonchev–Trinajstić information content (AvgIpc) is 2.75. The van der Waals surface area contributed by atoms with Crippen molar-refractivity contribution in [2.45, 2.75) is 33.7 Å². The summed E-state index contributed by atoms with van der Waals surface area (Å²) in [6.07, 6.45) is 0. The van der Waals surface area contributed by atoms with Crippen LogP contribution in [0.25, 0.3) is 0 Å². The molecule has 0 aliphatic heterocycles. The molecular weight excluding hydrogens is 230 g/mol. The van der Waals surface area contributed by atoms with E-state index in [0.29, 0.717) is 17.8 Å². The molecule has 0 bridgehead atoms. The Morgan fingerprint density at radius 2 is 2.12 bits per heavy atom. The highest BCUT2D eigenvalue weighted by molar-refractivity contribution is 7.10. The molecule has 3 nitrogen and oxygen atoms in total. The van der Waals surface area contributed by atoms with Crippen LogP contribution >= 0.6 is 11.3 Å². The van der Waals surface area contributed by atoms with E-state index >= 15 is 0 Å². The van der Waals surface area contributed by atoms with Gasteiger partial charge in [0.1, 0.15) is 0 Å². The quantitative estimate of drug-likeness (QED) is 0.626. The minimum Gasteiger partial charge on any atom is -0.370 e. The summed E-state index contributed by atoms with van der Waals surface area (Å²) in [4.78, 5) is 5.65. The van der Waals surface area contributed by atoms with Crippen LogP contribution in [0.15, 0.2) is 22.5 Å². The first-order valence-electron chi connectivity index (χ1n) is 6.10. The molecule has 1 aromatic heterocycles. The molecule has 1 aromatic rings. The van der Waals surface area contributed by atoms with Gasteiger partial charge in [0.2, 0.25) is 0 Å². The number of nitrogens with one attached hydrogen (secondary N) is 1. The molecular formula is C13H23N3S. The number of thiophene rings is 1. The number of hydrogen-bond acceptors (Lipinski definition) is 2. The summed E-state index contributed by atoms with van der Waals surface area (Å²) in [5.41, 5.74) is 5.91. The molecule has 1 heterocycles. The van der Waals surface area contributed by atoms with E-state index in [4.69, 9.17) is 5.73 Å². The molecule has 0 saturated carbocycles. The van der Waals surface area contributed by atoms with Gasteiger partial charge in [0.05, 0.1) is 6.04 Å². The molecule has 4 heteroatoms. The number of guanidine groups is 1. The average molecular weight is 253 g/mol. The van der Waals surface area contributed by atoms with Crippen LogP contribution in [0, 0.1) is 11.8 Å². The highest BCUT2D eigenvalue weighted by Crippen LogP contribution is 2.25. The Morgan fingerprint density at radius 3 is 2.59 bits per heavy atom. The van der Waals surface area contributed by atoms with Crippen LogP contribution in [0.1, 0.15) is 38.6 Å². The van der Waals surface area contributed by atoms with Gasteiger partial charge in [0.15, 0.2) is 5.96 Å². The minimum absolute atomic E-state index is 0.255. The topological polar surface area (TPSA) is 50.4 Å². The summed E-state index contributed by atoms with van der Waals surface area (Å²) in [5, 5.41) is 5.40. The lowest BCUT2D eigenvalue weighted by atomic mass is 10.0. The van der Waals surface area contributed by atoms with Gasteiger partial charge in [-0.15, -0.1) is 11.3 Å². The summed E-state index contributed by atoms with van der Waals surface area (Å²) in [6, 6.07) is 4.46. The van der Waals surface area contributed by atoms with Crippen LogP contribution in [0.5, 0.6) is 0 Å². The third kappa shape index (κ3) is 4.77. The molecule has 1 rings (SSSR count). The van der Waals surface area contributed by atoms with Gasteiger partial charge in [0.25, 0.3) is 0 Å². The Bertz CT molecular complexity index is 342. The van der Waals surface area contributed by atoms with Gasteiger partial charge in [-0.2, -0.15) is 0 Å². The zero-order chi connectivity index (χ0) is 12.8. The first-order valence-corrected chi connectivity index (χ1v) is 6.98. The van der Waals surface area contributed by atoms with E-state index in [9.17, 15) is 0 Å². The van der Waals surface area contributed by atoms with E-state index in [0.717, 1.165) is 6.54 Å². The predicted molar refractivity (Wildman–Crippen MR) is 76.4 cm³/mol. The SMILES string of the molecule is CC(C)CN=C(N)NC(c1cccs1)C(C)C. The lowest BCUT2D eigenvalue weighted by molar-refractivity contribution is 0.475. The van der Waals surface area contributed by atoms with Gasteiger partial charge in [-0.25, -0.2) is 0 Å². The molecule has 3 N–H and O–H groups in total. The van der Waals surface area contributed by atoms with Crippen molar-refractivity contribution in [1.82, 2.24) is 5.32 Å². The van der Waals surface area contributed by atoms with Crippen molar-refractivity contribution < 1.29 is 0 Å². The smallest absolute Gasteiger partial charge is 0.189 e. The van der Waals surface area contributed by atoms with Gasteiger partial charge in [0, 0.05) is 11.4 Å². The number of nitrogens with two attached hydrogens (primary N) is 1. The molecule has 17 heavy (non-hydrogen) atoms. The van der Waals surface area contributed by atoms with Crippen molar-refractivity contribution in [3.8, 4) is 0 Å². The van der Waals surface area contributed by atoms with Gasteiger partial charge in [-0.1, -0.05) is 33.8 Å². The first kappa shape index (κ1) is 14.0. The van der Waals surface area contributed by atoms with Crippen LogP contribution in [0.3, 0.4) is 0 Å². The minimum atomic E-state index is 0.255. The molecule has 96 valence electrons. The summed E-state index contributed by atoms with van der Waals surface area (Å²) < 4.78 is 0. The van der Waals surface area contributed by atoms with E-state index in [1.807, 2.05) is 0 Å². The van der Waals surface area contributed by atoms with Gasteiger partial charge < -0.3 is 11.1 Å². The molecule has 0 aliphatic rings. The molecule has 0 saturated heterocycles. The van der Waals surface area contributed by atoms with E-state index in [1.54, 1.807) is 11.3 Å². The van der Waals surface area contributed by atoms with E-state index in [2.05, 4.69) is 55.5 Å². The highest BCUT2D eigenvalue weighted by Gasteiger charge is 2.17. The Balaban J connectivity index is 2.65. The summed E-state index contributed by atoms with van der Waals surface area (Å²) in [5.74, 6) is 1.57. The number of aliphatic imine (C=N–C) groups is 1. The van der Waals surface area contributed by atoms with Crippen LogP contribution in [0.4, 0.5) is 0 Å². The van der Waals surface area contributed by atoms with Gasteiger partial charge in [-0.05, 0) is 23.3 Å². The number of rotatable bonds is 5. The predicted octanol–water partition coefficient (Wildman–Crippen LogP) is 3.01. The molecule has 0 spiro atoms. The van der Waals surface area contributed by atoms with Crippen molar-refractivity contribution in [2.24, 2.45) is 22.6 Å². The van der Waals surface area contributed by atoms with Crippen molar-refractivity contribution in [1.29, 1.82) is 0 Å². The van der Waals surface area contributed by atoms with Gasteiger partial charge in [-0.3, -0.25) is 4.99 Å². The maximum Gasteiger partial charge on any atom is 0.189 e. The number of hydrogen-bond donors (Lipinski definition) is 2. The largest absolute Gasteiger partial charge is 0.370 e.